The third-order valence-electron chi connectivity index (χ3n) is 1.58. The van der Waals surface area contributed by atoms with E-state index in [1.807, 2.05) is 0 Å². The van der Waals surface area contributed by atoms with Gasteiger partial charge in [-0.3, -0.25) is 4.79 Å². The van der Waals surface area contributed by atoms with Gasteiger partial charge >= 0.3 is 0 Å². The summed E-state index contributed by atoms with van der Waals surface area (Å²) >= 11 is 0. The summed E-state index contributed by atoms with van der Waals surface area (Å²) in [6.07, 6.45) is 4.95. The van der Waals surface area contributed by atoms with Crippen LogP contribution >= 0.6 is 0 Å². The van der Waals surface area contributed by atoms with Crippen molar-refractivity contribution in [1.29, 1.82) is 0 Å². The highest BCUT2D eigenvalue weighted by atomic mass is 16.3. The molecule has 0 aliphatic carbocycles. The molecular formula is C10H9NO3. The molecule has 0 saturated carbocycles. The molecule has 0 unspecified atom stereocenters. The zero-order valence-corrected chi connectivity index (χ0v) is 7.32. The number of hydrogen-bond acceptors (Lipinski definition) is 3. The average molecular weight is 191 g/mol. The predicted molar refractivity (Wildman–Crippen MR) is 50.9 cm³/mol. The predicted octanol–water partition coefficient (Wildman–Crippen LogP) is 0.461. The summed E-state index contributed by atoms with van der Waals surface area (Å²) in [5, 5.41) is 20.7. The highest BCUT2D eigenvalue weighted by Gasteiger charge is 2.10. The zero-order chi connectivity index (χ0) is 10.6. The Kier molecular flexibility index (Phi) is 2.97. The van der Waals surface area contributed by atoms with Crippen LogP contribution in [0.4, 0.5) is 0 Å². The molecule has 0 atom stereocenters. The van der Waals surface area contributed by atoms with E-state index in [1.54, 1.807) is 0 Å². The fourth-order valence-electron chi connectivity index (χ4n) is 0.932. The normalized spacial score (nSPS) is 9.07. The van der Waals surface area contributed by atoms with Crippen LogP contribution in [0.15, 0.2) is 18.2 Å². The number of nitrogens with one attached hydrogen (secondary N) is 1. The third-order valence-corrected chi connectivity index (χ3v) is 1.58. The molecular weight excluding hydrogens is 182 g/mol. The van der Waals surface area contributed by atoms with Crippen LogP contribution in [0.5, 0.6) is 11.5 Å². The minimum absolute atomic E-state index is 0.000231. The Balaban J connectivity index is 2.90. The number of carbonyl (C=O) groups is 1. The van der Waals surface area contributed by atoms with Gasteiger partial charge in [-0.2, -0.15) is 0 Å². The van der Waals surface area contributed by atoms with E-state index in [9.17, 15) is 9.90 Å². The summed E-state index contributed by atoms with van der Waals surface area (Å²) in [7, 11) is 0. The van der Waals surface area contributed by atoms with Crippen LogP contribution in [0.25, 0.3) is 0 Å². The maximum Gasteiger partial charge on any atom is 0.255 e. The molecule has 1 amide bonds. The fraction of sp³-hybridized carbons (Fsp3) is 0.100. The van der Waals surface area contributed by atoms with Crippen molar-refractivity contribution in [3.8, 4) is 23.8 Å². The van der Waals surface area contributed by atoms with E-state index in [0.29, 0.717) is 0 Å². The molecule has 0 spiro atoms. The lowest BCUT2D eigenvalue weighted by molar-refractivity contribution is 0.0955. The minimum Gasteiger partial charge on any atom is -0.508 e. The molecule has 0 bridgehead atoms. The van der Waals surface area contributed by atoms with Gasteiger partial charge in [0.15, 0.2) is 0 Å². The first kappa shape index (κ1) is 9.93. The zero-order valence-electron chi connectivity index (χ0n) is 7.32. The smallest absolute Gasteiger partial charge is 0.255 e. The van der Waals surface area contributed by atoms with Crippen LogP contribution in [-0.2, 0) is 0 Å². The number of aromatic hydroxyl groups is 2. The Hall–Kier alpha value is -2.15. The Labute approximate surface area is 81.2 Å². The van der Waals surface area contributed by atoms with Crippen LogP contribution in [-0.4, -0.2) is 22.7 Å². The molecule has 0 radical (unpaired) electrons. The standard InChI is InChI=1S/C10H9NO3/c1-2-5-11-10(14)8-6-7(12)3-4-9(8)13/h1,3-4,6,12-13H,5H2,(H,11,14). The number of phenolic OH excluding ortho intramolecular Hbond substituents is 2. The molecule has 0 aliphatic rings. The first-order valence-corrected chi connectivity index (χ1v) is 3.89. The van der Waals surface area contributed by atoms with Crippen molar-refractivity contribution in [3.05, 3.63) is 23.8 Å². The lowest BCUT2D eigenvalue weighted by atomic mass is 10.2. The Morgan fingerprint density at radius 1 is 1.50 bits per heavy atom. The van der Waals surface area contributed by atoms with Crippen LogP contribution in [0.3, 0.4) is 0 Å². The van der Waals surface area contributed by atoms with Gasteiger partial charge in [0.25, 0.3) is 5.91 Å². The summed E-state index contributed by atoms with van der Waals surface area (Å²) in [5.41, 5.74) is 0.000231. The fourth-order valence-corrected chi connectivity index (χ4v) is 0.932. The van der Waals surface area contributed by atoms with Gasteiger partial charge in [0, 0.05) is 0 Å². The molecule has 0 aromatic heterocycles. The maximum absolute atomic E-state index is 11.3. The number of hydrogen-bond donors (Lipinski definition) is 3. The Bertz CT molecular complexity index is 393. The molecule has 0 heterocycles. The molecule has 0 saturated heterocycles. The van der Waals surface area contributed by atoms with Crippen LogP contribution < -0.4 is 5.32 Å². The summed E-state index contributed by atoms with van der Waals surface area (Å²) in [4.78, 5) is 11.3. The molecule has 4 heteroatoms. The highest BCUT2D eigenvalue weighted by Crippen LogP contribution is 2.21. The largest absolute Gasteiger partial charge is 0.508 e. The van der Waals surface area contributed by atoms with Crippen LogP contribution in [0, 0.1) is 12.3 Å². The van der Waals surface area contributed by atoms with Crippen molar-refractivity contribution >= 4 is 5.91 Å². The topological polar surface area (TPSA) is 69.6 Å². The summed E-state index contributed by atoms with van der Waals surface area (Å²) in [5.74, 6) is 1.42. The SMILES string of the molecule is C#CCNC(=O)c1cc(O)ccc1O. The van der Waals surface area contributed by atoms with E-state index in [2.05, 4.69) is 11.2 Å². The molecule has 4 nitrogen and oxygen atoms in total. The molecule has 72 valence electrons. The van der Waals surface area contributed by atoms with Gasteiger partial charge in [-0.1, -0.05) is 5.92 Å². The van der Waals surface area contributed by atoms with Crippen molar-refractivity contribution in [2.24, 2.45) is 0 Å². The first-order valence-electron chi connectivity index (χ1n) is 3.89. The van der Waals surface area contributed by atoms with Crippen LogP contribution in [0.1, 0.15) is 10.4 Å². The third kappa shape index (κ3) is 2.17. The van der Waals surface area contributed by atoms with E-state index < -0.39 is 5.91 Å². The second-order valence-electron chi connectivity index (χ2n) is 2.59. The summed E-state index contributed by atoms with van der Waals surface area (Å²) in [6, 6.07) is 3.69. The number of carbonyl (C=O) groups excluding carboxylic acids is 1. The van der Waals surface area contributed by atoms with E-state index in [4.69, 9.17) is 11.5 Å². The quantitative estimate of drug-likeness (QED) is 0.470. The number of phenols is 2. The second-order valence-corrected chi connectivity index (χ2v) is 2.59. The molecule has 3 N–H and O–H groups in total. The average Bonchev–Trinajstić information content (AvgIpc) is 2.18. The molecule has 14 heavy (non-hydrogen) atoms. The summed E-state index contributed by atoms with van der Waals surface area (Å²) in [6.45, 7) is 0.0773. The highest BCUT2D eigenvalue weighted by molar-refractivity contribution is 5.97. The first-order chi connectivity index (χ1) is 6.65. The lowest BCUT2D eigenvalue weighted by Crippen LogP contribution is -2.23. The van der Waals surface area contributed by atoms with Crippen molar-refractivity contribution < 1.29 is 15.0 Å². The maximum atomic E-state index is 11.3. The van der Waals surface area contributed by atoms with Gasteiger partial charge in [-0.25, -0.2) is 0 Å². The van der Waals surface area contributed by atoms with Crippen molar-refractivity contribution in [2.45, 2.75) is 0 Å². The van der Waals surface area contributed by atoms with E-state index >= 15 is 0 Å². The molecule has 0 aliphatic heterocycles. The van der Waals surface area contributed by atoms with Gasteiger partial charge in [0.2, 0.25) is 0 Å². The van der Waals surface area contributed by atoms with Crippen molar-refractivity contribution in [1.82, 2.24) is 5.32 Å². The van der Waals surface area contributed by atoms with Gasteiger partial charge in [-0.05, 0) is 18.2 Å². The molecule has 1 aromatic rings. The van der Waals surface area contributed by atoms with Gasteiger partial charge in [-0.15, -0.1) is 6.42 Å². The molecule has 1 rings (SSSR count). The van der Waals surface area contributed by atoms with Crippen molar-refractivity contribution in [2.75, 3.05) is 6.54 Å². The van der Waals surface area contributed by atoms with Crippen molar-refractivity contribution in [3.63, 3.8) is 0 Å². The number of rotatable bonds is 2. The monoisotopic (exact) mass is 191 g/mol. The number of terminal acetylenes is 1. The Morgan fingerprint density at radius 2 is 2.21 bits per heavy atom. The van der Waals surface area contributed by atoms with E-state index in [0.717, 1.165) is 0 Å². The van der Waals surface area contributed by atoms with E-state index in [-0.39, 0.29) is 23.6 Å². The molecule has 0 fully saturated rings. The van der Waals surface area contributed by atoms with Gasteiger partial charge in [0.05, 0.1) is 12.1 Å². The van der Waals surface area contributed by atoms with E-state index in [1.165, 1.54) is 18.2 Å². The minimum atomic E-state index is -0.517. The number of benzene rings is 1. The molecule has 1 aromatic carbocycles. The Morgan fingerprint density at radius 3 is 2.86 bits per heavy atom. The van der Waals surface area contributed by atoms with Gasteiger partial charge in [0.1, 0.15) is 11.5 Å². The number of amides is 1. The van der Waals surface area contributed by atoms with Gasteiger partial charge < -0.3 is 15.5 Å². The van der Waals surface area contributed by atoms with Crippen LogP contribution in [0.2, 0.25) is 0 Å². The second kappa shape index (κ2) is 4.19. The lowest BCUT2D eigenvalue weighted by Gasteiger charge is -2.04. The summed E-state index contributed by atoms with van der Waals surface area (Å²) < 4.78 is 0.